The summed E-state index contributed by atoms with van der Waals surface area (Å²) in [6.07, 6.45) is 0. The summed E-state index contributed by atoms with van der Waals surface area (Å²) in [6, 6.07) is -0.159. The Morgan fingerprint density at radius 1 is 1.62 bits per heavy atom. The number of likely N-dealkylation sites (N-methyl/N-ethyl adjacent to an activating group) is 2. The van der Waals surface area contributed by atoms with E-state index in [0.717, 1.165) is 13.1 Å². The summed E-state index contributed by atoms with van der Waals surface area (Å²) < 4.78 is 4.90. The summed E-state index contributed by atoms with van der Waals surface area (Å²) in [5, 5.41) is 3.03. The van der Waals surface area contributed by atoms with Crippen molar-refractivity contribution in [3.05, 3.63) is 0 Å². The summed E-state index contributed by atoms with van der Waals surface area (Å²) in [5.41, 5.74) is 0. The van der Waals surface area contributed by atoms with E-state index in [1.165, 1.54) is 0 Å². The molecular formula is C9H20N2O2. The SMILES string of the molecule is CCOC(=O)C(C)N(C)CCNC. The number of carbonyl (C=O) groups is 1. The van der Waals surface area contributed by atoms with Crippen LogP contribution in [0.3, 0.4) is 0 Å². The van der Waals surface area contributed by atoms with Gasteiger partial charge >= 0.3 is 5.97 Å². The van der Waals surface area contributed by atoms with Gasteiger partial charge in [-0.3, -0.25) is 9.69 Å². The van der Waals surface area contributed by atoms with Crippen LogP contribution in [-0.4, -0.2) is 50.7 Å². The third-order valence-corrected chi connectivity index (χ3v) is 2.00. The van der Waals surface area contributed by atoms with Crippen LogP contribution in [-0.2, 0) is 9.53 Å². The normalized spacial score (nSPS) is 13.0. The van der Waals surface area contributed by atoms with Gasteiger partial charge in [0, 0.05) is 13.1 Å². The van der Waals surface area contributed by atoms with Crippen molar-refractivity contribution in [2.75, 3.05) is 33.8 Å². The highest BCUT2D eigenvalue weighted by Gasteiger charge is 2.17. The highest BCUT2D eigenvalue weighted by atomic mass is 16.5. The molecule has 4 heteroatoms. The van der Waals surface area contributed by atoms with E-state index in [2.05, 4.69) is 5.32 Å². The van der Waals surface area contributed by atoms with Gasteiger partial charge in [-0.2, -0.15) is 0 Å². The lowest BCUT2D eigenvalue weighted by atomic mass is 10.3. The number of ether oxygens (including phenoxy) is 1. The minimum absolute atomic E-state index is 0.152. The van der Waals surface area contributed by atoms with Gasteiger partial charge in [0.05, 0.1) is 6.61 Å². The van der Waals surface area contributed by atoms with Gasteiger partial charge in [-0.05, 0) is 27.9 Å². The van der Waals surface area contributed by atoms with E-state index in [1.54, 1.807) is 0 Å². The maximum Gasteiger partial charge on any atom is 0.323 e. The molecule has 1 N–H and O–H groups in total. The summed E-state index contributed by atoms with van der Waals surface area (Å²) in [7, 11) is 3.81. The fourth-order valence-corrected chi connectivity index (χ4v) is 0.925. The van der Waals surface area contributed by atoms with Gasteiger partial charge in [-0.25, -0.2) is 0 Å². The van der Waals surface area contributed by atoms with Crippen molar-refractivity contribution in [3.8, 4) is 0 Å². The van der Waals surface area contributed by atoms with Crippen LogP contribution < -0.4 is 5.32 Å². The first-order valence-electron chi connectivity index (χ1n) is 4.65. The van der Waals surface area contributed by atoms with Crippen molar-refractivity contribution in [3.63, 3.8) is 0 Å². The highest BCUT2D eigenvalue weighted by molar-refractivity contribution is 5.75. The maximum absolute atomic E-state index is 11.3. The fraction of sp³-hybridized carbons (Fsp3) is 0.889. The van der Waals surface area contributed by atoms with Crippen LogP contribution in [0.2, 0.25) is 0 Å². The number of carbonyl (C=O) groups excluding carboxylic acids is 1. The van der Waals surface area contributed by atoms with E-state index in [1.807, 2.05) is 32.8 Å². The third-order valence-electron chi connectivity index (χ3n) is 2.00. The quantitative estimate of drug-likeness (QED) is 0.600. The Morgan fingerprint density at radius 3 is 2.69 bits per heavy atom. The monoisotopic (exact) mass is 188 g/mol. The molecule has 0 aliphatic rings. The van der Waals surface area contributed by atoms with E-state index in [-0.39, 0.29) is 12.0 Å². The van der Waals surface area contributed by atoms with Crippen molar-refractivity contribution >= 4 is 5.97 Å². The lowest BCUT2D eigenvalue weighted by molar-refractivity contribution is -0.148. The molecule has 4 nitrogen and oxygen atoms in total. The largest absolute Gasteiger partial charge is 0.465 e. The molecule has 0 saturated heterocycles. The molecular weight excluding hydrogens is 168 g/mol. The van der Waals surface area contributed by atoms with Crippen molar-refractivity contribution < 1.29 is 9.53 Å². The average Bonchev–Trinajstić information content (AvgIpc) is 2.13. The number of nitrogens with one attached hydrogen (secondary N) is 1. The second-order valence-electron chi connectivity index (χ2n) is 3.01. The van der Waals surface area contributed by atoms with Crippen LogP contribution in [0.25, 0.3) is 0 Å². The van der Waals surface area contributed by atoms with Gasteiger partial charge in [0.25, 0.3) is 0 Å². The van der Waals surface area contributed by atoms with Gasteiger partial charge in [-0.15, -0.1) is 0 Å². The molecule has 0 aliphatic heterocycles. The predicted octanol–water partition coefficient (Wildman–Crippen LogP) is 0.0892. The number of nitrogens with zero attached hydrogens (tertiary/aromatic N) is 1. The summed E-state index contributed by atoms with van der Waals surface area (Å²) in [6.45, 7) is 5.84. The zero-order chi connectivity index (χ0) is 10.3. The lowest BCUT2D eigenvalue weighted by Crippen LogP contribution is -2.40. The van der Waals surface area contributed by atoms with Gasteiger partial charge in [0.1, 0.15) is 6.04 Å². The molecule has 0 rings (SSSR count). The molecule has 0 saturated carbocycles. The standard InChI is InChI=1S/C9H20N2O2/c1-5-13-9(12)8(2)11(4)7-6-10-3/h8,10H,5-7H2,1-4H3. The molecule has 1 unspecified atom stereocenters. The van der Waals surface area contributed by atoms with E-state index in [0.29, 0.717) is 6.61 Å². The fourth-order valence-electron chi connectivity index (χ4n) is 0.925. The molecule has 0 radical (unpaired) electrons. The molecule has 0 amide bonds. The lowest BCUT2D eigenvalue weighted by Gasteiger charge is -2.22. The van der Waals surface area contributed by atoms with Gasteiger partial charge in [-0.1, -0.05) is 0 Å². The summed E-state index contributed by atoms with van der Waals surface area (Å²) >= 11 is 0. The van der Waals surface area contributed by atoms with Crippen molar-refractivity contribution in [1.29, 1.82) is 0 Å². The van der Waals surface area contributed by atoms with Gasteiger partial charge in [0.2, 0.25) is 0 Å². The van der Waals surface area contributed by atoms with Crippen molar-refractivity contribution in [1.82, 2.24) is 10.2 Å². The molecule has 0 aliphatic carbocycles. The van der Waals surface area contributed by atoms with E-state index >= 15 is 0 Å². The predicted molar refractivity (Wildman–Crippen MR) is 52.7 cm³/mol. The minimum Gasteiger partial charge on any atom is -0.465 e. The second kappa shape index (κ2) is 6.86. The molecule has 0 aromatic heterocycles. The van der Waals surface area contributed by atoms with E-state index in [9.17, 15) is 4.79 Å². The number of esters is 1. The number of rotatable bonds is 6. The average molecular weight is 188 g/mol. The molecule has 0 bridgehead atoms. The molecule has 78 valence electrons. The van der Waals surface area contributed by atoms with Crippen LogP contribution in [0, 0.1) is 0 Å². The molecule has 13 heavy (non-hydrogen) atoms. The summed E-state index contributed by atoms with van der Waals surface area (Å²) in [4.78, 5) is 13.2. The smallest absolute Gasteiger partial charge is 0.323 e. The molecule has 0 aromatic rings. The first-order chi connectivity index (χ1) is 6.13. The van der Waals surface area contributed by atoms with Crippen molar-refractivity contribution in [2.45, 2.75) is 19.9 Å². The Bertz CT molecular complexity index is 151. The number of hydrogen-bond donors (Lipinski definition) is 1. The topological polar surface area (TPSA) is 41.6 Å². The Kier molecular flexibility index (Phi) is 6.54. The first kappa shape index (κ1) is 12.4. The Labute approximate surface area is 80.2 Å². The number of hydrogen-bond acceptors (Lipinski definition) is 4. The zero-order valence-electron chi connectivity index (χ0n) is 8.96. The molecule has 0 heterocycles. The third kappa shape index (κ3) is 4.85. The van der Waals surface area contributed by atoms with Crippen LogP contribution in [0.15, 0.2) is 0 Å². The van der Waals surface area contributed by atoms with Crippen molar-refractivity contribution in [2.24, 2.45) is 0 Å². The van der Waals surface area contributed by atoms with Crippen LogP contribution in [0.5, 0.6) is 0 Å². The van der Waals surface area contributed by atoms with E-state index < -0.39 is 0 Å². The first-order valence-corrected chi connectivity index (χ1v) is 4.65. The molecule has 1 atom stereocenters. The zero-order valence-corrected chi connectivity index (χ0v) is 8.96. The van der Waals surface area contributed by atoms with Gasteiger partial charge in [0.15, 0.2) is 0 Å². The Hall–Kier alpha value is -0.610. The Morgan fingerprint density at radius 2 is 2.23 bits per heavy atom. The van der Waals surface area contributed by atoms with Gasteiger partial charge < -0.3 is 10.1 Å². The highest BCUT2D eigenvalue weighted by Crippen LogP contribution is 1.97. The second-order valence-corrected chi connectivity index (χ2v) is 3.01. The summed E-state index contributed by atoms with van der Waals surface area (Å²) in [5.74, 6) is -0.152. The Balaban J connectivity index is 3.79. The molecule has 0 fully saturated rings. The molecule has 0 aromatic carbocycles. The van der Waals surface area contributed by atoms with Crippen LogP contribution >= 0.6 is 0 Å². The minimum atomic E-state index is -0.159. The van der Waals surface area contributed by atoms with Crippen LogP contribution in [0.4, 0.5) is 0 Å². The van der Waals surface area contributed by atoms with E-state index in [4.69, 9.17) is 4.74 Å². The maximum atomic E-state index is 11.3. The van der Waals surface area contributed by atoms with Crippen LogP contribution in [0.1, 0.15) is 13.8 Å². The molecule has 0 spiro atoms.